The van der Waals surface area contributed by atoms with E-state index >= 15 is 0 Å². The van der Waals surface area contributed by atoms with Crippen molar-refractivity contribution in [2.75, 3.05) is 12.8 Å². The van der Waals surface area contributed by atoms with Crippen LogP contribution < -0.4 is 5.73 Å². The first-order valence-electron chi connectivity index (χ1n) is 6.37. The van der Waals surface area contributed by atoms with Gasteiger partial charge in [-0.1, -0.05) is 12.1 Å². The third-order valence-corrected chi connectivity index (χ3v) is 3.19. The Morgan fingerprint density at radius 2 is 2.00 bits per heavy atom. The van der Waals surface area contributed by atoms with Crippen molar-refractivity contribution >= 4 is 11.6 Å². The van der Waals surface area contributed by atoms with Gasteiger partial charge in [0.05, 0.1) is 0 Å². The molecule has 0 spiro atoms. The van der Waals surface area contributed by atoms with E-state index in [2.05, 4.69) is 0 Å². The van der Waals surface area contributed by atoms with Crippen LogP contribution >= 0.6 is 0 Å². The van der Waals surface area contributed by atoms with Gasteiger partial charge in [0.15, 0.2) is 0 Å². The molecule has 0 atom stereocenters. The van der Waals surface area contributed by atoms with Crippen LogP contribution in [-0.4, -0.2) is 23.0 Å². The zero-order chi connectivity index (χ0) is 14.7. The third kappa shape index (κ3) is 3.09. The monoisotopic (exact) mass is 270 g/mol. The quantitative estimate of drug-likeness (QED) is 0.842. The molecule has 0 aliphatic rings. The van der Waals surface area contributed by atoms with Crippen molar-refractivity contribution in [2.45, 2.75) is 13.5 Å². The van der Waals surface area contributed by atoms with Crippen LogP contribution in [0.1, 0.15) is 21.5 Å². The lowest BCUT2D eigenvalue weighted by Crippen LogP contribution is -2.26. The molecule has 2 aromatic rings. The first-order valence-corrected chi connectivity index (χ1v) is 6.37. The number of hydrogen-bond donors (Lipinski definition) is 2. The van der Waals surface area contributed by atoms with Crippen LogP contribution in [-0.2, 0) is 6.54 Å². The van der Waals surface area contributed by atoms with Crippen molar-refractivity contribution in [1.29, 1.82) is 0 Å². The van der Waals surface area contributed by atoms with E-state index in [9.17, 15) is 9.90 Å². The molecule has 4 nitrogen and oxygen atoms in total. The number of aromatic hydroxyl groups is 1. The van der Waals surface area contributed by atoms with Gasteiger partial charge in [0.25, 0.3) is 5.91 Å². The van der Waals surface area contributed by atoms with Crippen molar-refractivity contribution in [2.24, 2.45) is 0 Å². The van der Waals surface area contributed by atoms with Gasteiger partial charge >= 0.3 is 0 Å². The summed E-state index contributed by atoms with van der Waals surface area (Å²) in [5, 5.41) is 9.43. The fraction of sp³-hybridized carbons (Fsp3) is 0.188. The van der Waals surface area contributed by atoms with E-state index in [1.807, 2.05) is 13.0 Å². The zero-order valence-electron chi connectivity index (χ0n) is 11.6. The van der Waals surface area contributed by atoms with Crippen LogP contribution in [0.4, 0.5) is 5.69 Å². The van der Waals surface area contributed by atoms with Gasteiger partial charge < -0.3 is 15.7 Å². The molecule has 2 aromatic carbocycles. The minimum absolute atomic E-state index is 0.0727. The number of carbonyl (C=O) groups is 1. The molecule has 0 heterocycles. The van der Waals surface area contributed by atoms with Crippen LogP contribution in [0.15, 0.2) is 42.5 Å². The van der Waals surface area contributed by atoms with Crippen LogP contribution in [0, 0.1) is 6.92 Å². The number of carbonyl (C=O) groups excluding carboxylic acids is 1. The standard InChI is InChI=1S/C16H18N2O2/c1-11-8-13(6-7-15(11)17)16(20)18(2)10-12-4-3-5-14(19)9-12/h3-9,19H,10,17H2,1-2H3. The highest BCUT2D eigenvalue weighted by molar-refractivity contribution is 5.94. The van der Waals surface area contributed by atoms with Gasteiger partial charge in [-0.15, -0.1) is 0 Å². The maximum Gasteiger partial charge on any atom is 0.253 e. The molecule has 3 N–H and O–H groups in total. The summed E-state index contributed by atoms with van der Waals surface area (Å²) in [6.45, 7) is 2.32. The Morgan fingerprint density at radius 1 is 1.25 bits per heavy atom. The Labute approximate surface area is 118 Å². The first-order chi connectivity index (χ1) is 9.47. The van der Waals surface area contributed by atoms with E-state index < -0.39 is 0 Å². The fourth-order valence-electron chi connectivity index (χ4n) is 2.03. The summed E-state index contributed by atoms with van der Waals surface area (Å²) in [7, 11) is 1.73. The summed E-state index contributed by atoms with van der Waals surface area (Å²) in [6.07, 6.45) is 0. The molecule has 104 valence electrons. The molecule has 0 aliphatic carbocycles. The molecular weight excluding hydrogens is 252 g/mol. The third-order valence-electron chi connectivity index (χ3n) is 3.19. The van der Waals surface area contributed by atoms with Gasteiger partial charge in [-0.3, -0.25) is 4.79 Å². The summed E-state index contributed by atoms with van der Waals surface area (Å²) in [5.41, 5.74) is 8.81. The van der Waals surface area contributed by atoms with Crippen molar-refractivity contribution in [3.63, 3.8) is 0 Å². The highest BCUT2D eigenvalue weighted by atomic mass is 16.3. The molecule has 0 saturated heterocycles. The summed E-state index contributed by atoms with van der Waals surface area (Å²) < 4.78 is 0. The Hall–Kier alpha value is -2.49. The number of phenols is 1. The molecule has 20 heavy (non-hydrogen) atoms. The summed E-state index contributed by atoms with van der Waals surface area (Å²) in [5.74, 6) is 0.128. The Balaban J connectivity index is 2.14. The molecule has 0 saturated carbocycles. The van der Waals surface area contributed by atoms with Crippen LogP contribution in [0.2, 0.25) is 0 Å². The van der Waals surface area contributed by atoms with Gasteiger partial charge in [-0.25, -0.2) is 0 Å². The number of hydrogen-bond acceptors (Lipinski definition) is 3. The van der Waals surface area contributed by atoms with Crippen molar-refractivity contribution in [3.8, 4) is 5.75 Å². The number of nitrogens with two attached hydrogens (primary N) is 1. The molecule has 0 radical (unpaired) electrons. The summed E-state index contributed by atoms with van der Waals surface area (Å²) in [6, 6.07) is 12.1. The van der Waals surface area contributed by atoms with Crippen LogP contribution in [0.25, 0.3) is 0 Å². The molecule has 0 aliphatic heterocycles. The second kappa shape index (κ2) is 5.65. The number of rotatable bonds is 3. The van der Waals surface area contributed by atoms with Crippen molar-refractivity contribution in [3.05, 3.63) is 59.2 Å². The number of aryl methyl sites for hydroxylation is 1. The molecule has 2 rings (SSSR count). The van der Waals surface area contributed by atoms with Crippen molar-refractivity contribution in [1.82, 2.24) is 4.90 Å². The molecule has 4 heteroatoms. The molecule has 0 bridgehead atoms. The Bertz CT molecular complexity index is 638. The molecule has 1 amide bonds. The minimum Gasteiger partial charge on any atom is -0.508 e. The number of anilines is 1. The van der Waals surface area contributed by atoms with E-state index in [1.165, 1.54) is 0 Å². The van der Waals surface area contributed by atoms with Gasteiger partial charge in [0.2, 0.25) is 0 Å². The number of nitrogen functional groups attached to an aromatic ring is 1. The lowest BCUT2D eigenvalue weighted by atomic mass is 10.1. The average Bonchev–Trinajstić information content (AvgIpc) is 2.41. The number of phenolic OH excluding ortho intramolecular Hbond substituents is 1. The smallest absolute Gasteiger partial charge is 0.253 e. The van der Waals surface area contributed by atoms with Crippen LogP contribution in [0.5, 0.6) is 5.75 Å². The maximum absolute atomic E-state index is 12.3. The molecule has 0 unspecified atom stereocenters. The Kier molecular flexibility index (Phi) is 3.94. The van der Waals surface area contributed by atoms with Gasteiger partial charge in [-0.2, -0.15) is 0 Å². The van der Waals surface area contributed by atoms with E-state index in [1.54, 1.807) is 48.3 Å². The van der Waals surface area contributed by atoms with E-state index in [-0.39, 0.29) is 11.7 Å². The normalized spacial score (nSPS) is 10.3. The SMILES string of the molecule is Cc1cc(C(=O)N(C)Cc2cccc(O)c2)ccc1N. The van der Waals surface area contributed by atoms with Crippen LogP contribution in [0.3, 0.4) is 0 Å². The number of amides is 1. The van der Waals surface area contributed by atoms with Gasteiger partial charge in [-0.05, 0) is 48.4 Å². The summed E-state index contributed by atoms with van der Waals surface area (Å²) in [4.78, 5) is 13.9. The predicted molar refractivity (Wildman–Crippen MR) is 79.5 cm³/mol. The van der Waals surface area contributed by atoms with Crippen molar-refractivity contribution < 1.29 is 9.90 Å². The first kappa shape index (κ1) is 13.9. The van der Waals surface area contributed by atoms with E-state index in [0.717, 1.165) is 11.1 Å². The van der Waals surface area contributed by atoms with Gasteiger partial charge in [0.1, 0.15) is 5.75 Å². The largest absolute Gasteiger partial charge is 0.508 e. The second-order valence-electron chi connectivity index (χ2n) is 4.90. The Morgan fingerprint density at radius 3 is 2.65 bits per heavy atom. The number of nitrogens with zero attached hydrogens (tertiary/aromatic N) is 1. The number of benzene rings is 2. The predicted octanol–water partition coefficient (Wildman–Crippen LogP) is 2.56. The average molecular weight is 270 g/mol. The summed E-state index contributed by atoms with van der Waals surface area (Å²) >= 11 is 0. The lowest BCUT2D eigenvalue weighted by Gasteiger charge is -2.18. The molecular formula is C16H18N2O2. The molecule has 0 fully saturated rings. The fourth-order valence-corrected chi connectivity index (χ4v) is 2.03. The second-order valence-corrected chi connectivity index (χ2v) is 4.90. The minimum atomic E-state index is -0.0727. The van der Waals surface area contributed by atoms with E-state index in [0.29, 0.717) is 17.8 Å². The maximum atomic E-state index is 12.3. The zero-order valence-corrected chi connectivity index (χ0v) is 11.6. The molecule has 0 aromatic heterocycles. The van der Waals surface area contributed by atoms with E-state index in [4.69, 9.17) is 5.73 Å². The highest BCUT2D eigenvalue weighted by Crippen LogP contribution is 2.16. The lowest BCUT2D eigenvalue weighted by molar-refractivity contribution is 0.0785. The van der Waals surface area contributed by atoms with Gasteiger partial charge in [0, 0.05) is 24.8 Å². The highest BCUT2D eigenvalue weighted by Gasteiger charge is 2.13. The topological polar surface area (TPSA) is 66.6 Å².